The van der Waals surface area contributed by atoms with E-state index in [0.29, 0.717) is 5.02 Å². The molecule has 0 saturated carbocycles. The third-order valence-electron chi connectivity index (χ3n) is 2.85. The van der Waals surface area contributed by atoms with Crippen LogP contribution < -0.4 is 5.73 Å². The fourth-order valence-electron chi connectivity index (χ4n) is 1.47. The van der Waals surface area contributed by atoms with E-state index in [9.17, 15) is 4.39 Å². The highest BCUT2D eigenvalue weighted by Gasteiger charge is 2.20. The zero-order valence-electron chi connectivity index (χ0n) is 10.1. The molecule has 0 spiro atoms. The lowest BCUT2D eigenvalue weighted by Gasteiger charge is -2.27. The SMILES string of the molecule is CC(C)(C)C(N)CCc1ccc(F)cc1Cl. The normalized spacial score (nSPS) is 13.9. The van der Waals surface area contributed by atoms with Crippen LogP contribution in [0.5, 0.6) is 0 Å². The molecule has 0 aliphatic carbocycles. The Balaban J connectivity index is 2.62. The quantitative estimate of drug-likeness (QED) is 0.859. The van der Waals surface area contributed by atoms with Gasteiger partial charge >= 0.3 is 0 Å². The average Bonchev–Trinajstić information content (AvgIpc) is 2.14. The van der Waals surface area contributed by atoms with Crippen LogP contribution in [0.15, 0.2) is 18.2 Å². The molecule has 1 unspecified atom stereocenters. The minimum absolute atomic E-state index is 0.0898. The smallest absolute Gasteiger partial charge is 0.124 e. The summed E-state index contributed by atoms with van der Waals surface area (Å²) in [6.07, 6.45) is 1.65. The Morgan fingerprint density at radius 3 is 2.50 bits per heavy atom. The molecule has 1 aromatic carbocycles. The monoisotopic (exact) mass is 243 g/mol. The van der Waals surface area contributed by atoms with E-state index in [4.69, 9.17) is 17.3 Å². The number of halogens is 2. The van der Waals surface area contributed by atoms with Gasteiger partial charge in [0, 0.05) is 11.1 Å². The summed E-state index contributed by atoms with van der Waals surface area (Å²) >= 11 is 5.95. The van der Waals surface area contributed by atoms with Gasteiger partial charge in [-0.15, -0.1) is 0 Å². The maximum Gasteiger partial charge on any atom is 0.124 e. The van der Waals surface area contributed by atoms with Crippen molar-refractivity contribution in [3.8, 4) is 0 Å². The molecule has 16 heavy (non-hydrogen) atoms. The maximum atomic E-state index is 12.8. The van der Waals surface area contributed by atoms with Crippen LogP contribution in [0.1, 0.15) is 32.8 Å². The lowest BCUT2D eigenvalue weighted by Crippen LogP contribution is -2.35. The molecule has 0 fully saturated rings. The number of aryl methyl sites for hydroxylation is 1. The number of hydrogen-bond acceptors (Lipinski definition) is 1. The number of benzene rings is 1. The summed E-state index contributed by atoms with van der Waals surface area (Å²) < 4.78 is 12.8. The van der Waals surface area contributed by atoms with E-state index in [1.165, 1.54) is 12.1 Å². The predicted molar refractivity (Wildman–Crippen MR) is 67.2 cm³/mol. The summed E-state index contributed by atoms with van der Waals surface area (Å²) in [6.45, 7) is 6.35. The number of hydrogen-bond donors (Lipinski definition) is 1. The van der Waals surface area contributed by atoms with Crippen molar-refractivity contribution < 1.29 is 4.39 Å². The molecule has 1 nitrogen and oxygen atoms in total. The Morgan fingerprint density at radius 2 is 2.00 bits per heavy atom. The van der Waals surface area contributed by atoms with Gasteiger partial charge in [0.25, 0.3) is 0 Å². The molecule has 0 radical (unpaired) electrons. The van der Waals surface area contributed by atoms with Gasteiger partial charge in [-0.05, 0) is 36.0 Å². The molecule has 0 aliphatic rings. The first-order valence-corrected chi connectivity index (χ1v) is 5.88. The summed E-state index contributed by atoms with van der Waals surface area (Å²) in [4.78, 5) is 0. The van der Waals surface area contributed by atoms with Gasteiger partial charge in [0.05, 0.1) is 0 Å². The molecule has 0 saturated heterocycles. The van der Waals surface area contributed by atoms with Gasteiger partial charge in [0.15, 0.2) is 0 Å². The van der Waals surface area contributed by atoms with E-state index in [-0.39, 0.29) is 17.3 Å². The standard InChI is InChI=1S/C13H19ClFN/c1-13(2,3)12(16)7-5-9-4-6-10(15)8-11(9)14/h4,6,8,12H,5,7,16H2,1-3H3. The van der Waals surface area contributed by atoms with E-state index in [1.54, 1.807) is 6.07 Å². The van der Waals surface area contributed by atoms with Crippen LogP contribution in [0, 0.1) is 11.2 Å². The van der Waals surface area contributed by atoms with E-state index >= 15 is 0 Å². The van der Waals surface area contributed by atoms with Gasteiger partial charge in [-0.1, -0.05) is 38.4 Å². The molecule has 0 bridgehead atoms. The first-order chi connectivity index (χ1) is 7.30. The second-order valence-corrected chi connectivity index (χ2v) is 5.65. The first-order valence-electron chi connectivity index (χ1n) is 5.50. The van der Waals surface area contributed by atoms with Crippen molar-refractivity contribution in [2.24, 2.45) is 11.1 Å². The minimum Gasteiger partial charge on any atom is -0.327 e. The number of rotatable bonds is 3. The Morgan fingerprint density at radius 1 is 1.38 bits per heavy atom. The molecule has 1 atom stereocenters. The Hall–Kier alpha value is -0.600. The van der Waals surface area contributed by atoms with Crippen LogP contribution in [-0.4, -0.2) is 6.04 Å². The predicted octanol–water partition coefficient (Wildman–Crippen LogP) is 3.79. The minimum atomic E-state index is -0.297. The Bertz CT molecular complexity index is 357. The summed E-state index contributed by atoms with van der Waals surface area (Å²) in [7, 11) is 0. The van der Waals surface area contributed by atoms with E-state index in [0.717, 1.165) is 18.4 Å². The topological polar surface area (TPSA) is 26.0 Å². The van der Waals surface area contributed by atoms with Crippen molar-refractivity contribution in [2.75, 3.05) is 0 Å². The molecule has 0 amide bonds. The summed E-state index contributed by atoms with van der Waals surface area (Å²) in [5, 5.41) is 0.487. The second-order valence-electron chi connectivity index (χ2n) is 5.25. The van der Waals surface area contributed by atoms with Crippen molar-refractivity contribution in [3.63, 3.8) is 0 Å². The van der Waals surface area contributed by atoms with E-state index in [1.807, 2.05) is 0 Å². The van der Waals surface area contributed by atoms with E-state index in [2.05, 4.69) is 20.8 Å². The van der Waals surface area contributed by atoms with Crippen molar-refractivity contribution in [3.05, 3.63) is 34.6 Å². The lowest BCUT2D eigenvalue weighted by molar-refractivity contribution is 0.306. The zero-order chi connectivity index (χ0) is 12.3. The number of nitrogens with two attached hydrogens (primary N) is 1. The Kier molecular flexibility index (Phi) is 4.34. The van der Waals surface area contributed by atoms with Gasteiger partial charge in [0.2, 0.25) is 0 Å². The van der Waals surface area contributed by atoms with Crippen LogP contribution in [0.25, 0.3) is 0 Å². The second kappa shape index (κ2) is 5.15. The third-order valence-corrected chi connectivity index (χ3v) is 3.20. The van der Waals surface area contributed by atoms with Crippen LogP contribution in [0.4, 0.5) is 4.39 Å². The maximum absolute atomic E-state index is 12.8. The highest BCUT2D eigenvalue weighted by atomic mass is 35.5. The van der Waals surface area contributed by atoms with Crippen molar-refractivity contribution >= 4 is 11.6 Å². The molecule has 1 aromatic rings. The van der Waals surface area contributed by atoms with Crippen molar-refractivity contribution in [1.82, 2.24) is 0 Å². The lowest BCUT2D eigenvalue weighted by atomic mass is 9.84. The van der Waals surface area contributed by atoms with Crippen LogP contribution >= 0.6 is 11.6 Å². The molecule has 90 valence electrons. The third kappa shape index (κ3) is 3.76. The molecule has 0 aromatic heterocycles. The van der Waals surface area contributed by atoms with Gasteiger partial charge in [-0.2, -0.15) is 0 Å². The molecule has 0 heterocycles. The molecular formula is C13H19ClFN. The van der Waals surface area contributed by atoms with Crippen LogP contribution in [0.2, 0.25) is 5.02 Å². The average molecular weight is 244 g/mol. The van der Waals surface area contributed by atoms with Gasteiger partial charge in [-0.25, -0.2) is 4.39 Å². The highest BCUT2D eigenvalue weighted by Crippen LogP contribution is 2.24. The summed E-state index contributed by atoms with van der Waals surface area (Å²) in [6, 6.07) is 4.63. The van der Waals surface area contributed by atoms with Gasteiger partial charge in [0.1, 0.15) is 5.82 Å². The zero-order valence-corrected chi connectivity index (χ0v) is 10.8. The van der Waals surface area contributed by atoms with Crippen LogP contribution in [-0.2, 0) is 6.42 Å². The fourth-order valence-corrected chi connectivity index (χ4v) is 1.73. The van der Waals surface area contributed by atoms with Gasteiger partial charge in [-0.3, -0.25) is 0 Å². The van der Waals surface area contributed by atoms with E-state index < -0.39 is 0 Å². The summed E-state index contributed by atoms with van der Waals surface area (Å²) in [5.74, 6) is -0.297. The van der Waals surface area contributed by atoms with Crippen molar-refractivity contribution in [2.45, 2.75) is 39.7 Å². The largest absolute Gasteiger partial charge is 0.327 e. The molecule has 0 aliphatic heterocycles. The first kappa shape index (κ1) is 13.5. The molecule has 1 rings (SSSR count). The summed E-state index contributed by atoms with van der Waals surface area (Å²) in [5.41, 5.74) is 7.11. The fraction of sp³-hybridized carbons (Fsp3) is 0.538. The van der Waals surface area contributed by atoms with Crippen molar-refractivity contribution in [1.29, 1.82) is 0 Å². The Labute approximate surface area is 102 Å². The molecule has 2 N–H and O–H groups in total. The highest BCUT2D eigenvalue weighted by molar-refractivity contribution is 6.31. The molecule has 3 heteroatoms. The molecular weight excluding hydrogens is 225 g/mol. The van der Waals surface area contributed by atoms with Gasteiger partial charge < -0.3 is 5.73 Å². The van der Waals surface area contributed by atoms with Crippen LogP contribution in [0.3, 0.4) is 0 Å².